The van der Waals surface area contributed by atoms with E-state index in [2.05, 4.69) is 0 Å². The minimum Gasteiger partial charge on any atom is -0.478 e. The van der Waals surface area contributed by atoms with E-state index in [0.29, 0.717) is 19.8 Å². The quantitative estimate of drug-likeness (QED) is 0.741. The first kappa shape index (κ1) is 13.7. The highest BCUT2D eigenvalue weighted by Gasteiger charge is 2.01. The zero-order valence-electron chi connectivity index (χ0n) is 10.2. The lowest BCUT2D eigenvalue weighted by molar-refractivity contribution is 0.0143. The molecule has 0 saturated carbocycles. The summed E-state index contributed by atoms with van der Waals surface area (Å²) in [6, 6.07) is 6.66. The molecule has 0 saturated heterocycles. The first-order chi connectivity index (χ1) is 8.09. The van der Waals surface area contributed by atoms with E-state index in [0.717, 1.165) is 5.56 Å². The SMILES string of the molecule is CC(C)OCCOCc1ccc(C(=O)O)cc1. The van der Waals surface area contributed by atoms with Crippen LogP contribution in [0, 0.1) is 0 Å². The Labute approximate surface area is 101 Å². The molecule has 0 unspecified atom stereocenters. The summed E-state index contributed by atoms with van der Waals surface area (Å²) in [6.07, 6.45) is 0.216. The second-order valence-corrected chi connectivity index (χ2v) is 3.97. The number of rotatable bonds is 7. The van der Waals surface area contributed by atoms with Gasteiger partial charge in [-0.25, -0.2) is 4.79 Å². The average Bonchev–Trinajstić information content (AvgIpc) is 2.29. The molecule has 4 heteroatoms. The third-order valence-electron chi connectivity index (χ3n) is 2.15. The van der Waals surface area contributed by atoms with E-state index < -0.39 is 5.97 Å². The van der Waals surface area contributed by atoms with Crippen LogP contribution in [0.25, 0.3) is 0 Å². The van der Waals surface area contributed by atoms with Crippen molar-refractivity contribution in [1.29, 1.82) is 0 Å². The van der Waals surface area contributed by atoms with Crippen LogP contribution in [0.4, 0.5) is 0 Å². The molecule has 0 aliphatic rings. The first-order valence-electron chi connectivity index (χ1n) is 5.61. The molecule has 0 atom stereocenters. The Morgan fingerprint density at radius 1 is 1.24 bits per heavy atom. The van der Waals surface area contributed by atoms with Gasteiger partial charge >= 0.3 is 5.97 Å². The van der Waals surface area contributed by atoms with Crippen molar-refractivity contribution >= 4 is 5.97 Å². The van der Waals surface area contributed by atoms with Gasteiger partial charge in [-0.1, -0.05) is 12.1 Å². The van der Waals surface area contributed by atoms with Gasteiger partial charge in [-0.2, -0.15) is 0 Å². The summed E-state index contributed by atoms with van der Waals surface area (Å²) < 4.78 is 10.7. The molecule has 0 amide bonds. The Morgan fingerprint density at radius 3 is 2.41 bits per heavy atom. The van der Waals surface area contributed by atoms with Gasteiger partial charge in [0.15, 0.2) is 0 Å². The predicted octanol–water partition coefficient (Wildman–Crippen LogP) is 2.33. The van der Waals surface area contributed by atoms with E-state index >= 15 is 0 Å². The lowest BCUT2D eigenvalue weighted by Gasteiger charge is -2.08. The Hall–Kier alpha value is -1.39. The average molecular weight is 238 g/mol. The molecular weight excluding hydrogens is 220 g/mol. The van der Waals surface area contributed by atoms with Crippen molar-refractivity contribution in [2.45, 2.75) is 26.6 Å². The molecular formula is C13H18O4. The molecule has 0 heterocycles. The fourth-order valence-electron chi connectivity index (χ4n) is 1.28. The first-order valence-corrected chi connectivity index (χ1v) is 5.61. The maximum absolute atomic E-state index is 10.6. The van der Waals surface area contributed by atoms with E-state index in [-0.39, 0.29) is 11.7 Å². The lowest BCUT2D eigenvalue weighted by atomic mass is 10.1. The zero-order chi connectivity index (χ0) is 12.7. The molecule has 0 spiro atoms. The smallest absolute Gasteiger partial charge is 0.335 e. The standard InChI is InChI=1S/C13H18O4/c1-10(2)17-8-7-16-9-11-3-5-12(6-4-11)13(14)15/h3-6,10H,7-9H2,1-2H3,(H,14,15). The summed E-state index contributed by atoms with van der Waals surface area (Å²) in [5.74, 6) is -0.914. The Balaban J connectivity index is 2.25. The lowest BCUT2D eigenvalue weighted by Crippen LogP contribution is -2.09. The fraction of sp³-hybridized carbons (Fsp3) is 0.462. The molecule has 94 valence electrons. The number of aromatic carboxylic acids is 1. The highest BCUT2D eigenvalue weighted by atomic mass is 16.5. The molecule has 1 N–H and O–H groups in total. The van der Waals surface area contributed by atoms with Gasteiger partial charge in [0.25, 0.3) is 0 Å². The summed E-state index contributed by atoms with van der Waals surface area (Å²) >= 11 is 0. The normalized spacial score (nSPS) is 10.8. The molecule has 0 aliphatic carbocycles. The van der Waals surface area contributed by atoms with Crippen LogP contribution in [0.3, 0.4) is 0 Å². The summed E-state index contributed by atoms with van der Waals surface area (Å²) in [5.41, 5.74) is 1.25. The molecule has 0 fully saturated rings. The van der Waals surface area contributed by atoms with Gasteiger partial charge in [-0.15, -0.1) is 0 Å². The number of ether oxygens (including phenoxy) is 2. The largest absolute Gasteiger partial charge is 0.478 e. The Kier molecular flexibility index (Phi) is 5.66. The fourth-order valence-corrected chi connectivity index (χ4v) is 1.28. The zero-order valence-corrected chi connectivity index (χ0v) is 10.2. The van der Waals surface area contributed by atoms with Gasteiger partial charge in [0.05, 0.1) is 31.5 Å². The number of benzene rings is 1. The van der Waals surface area contributed by atoms with Crippen molar-refractivity contribution in [3.8, 4) is 0 Å². The van der Waals surface area contributed by atoms with Crippen LogP contribution in [-0.4, -0.2) is 30.4 Å². The summed E-state index contributed by atoms with van der Waals surface area (Å²) in [7, 11) is 0. The van der Waals surface area contributed by atoms with Crippen LogP contribution in [0.2, 0.25) is 0 Å². The highest BCUT2D eigenvalue weighted by Crippen LogP contribution is 2.05. The molecule has 1 aromatic rings. The Bertz CT molecular complexity index is 343. The summed E-state index contributed by atoms with van der Waals surface area (Å²) in [6.45, 7) is 5.54. The highest BCUT2D eigenvalue weighted by molar-refractivity contribution is 5.87. The van der Waals surface area contributed by atoms with Gasteiger partial charge < -0.3 is 14.6 Å². The van der Waals surface area contributed by atoms with Crippen LogP contribution in [-0.2, 0) is 16.1 Å². The third-order valence-corrected chi connectivity index (χ3v) is 2.15. The minimum absolute atomic E-state index is 0.216. The molecule has 1 aromatic carbocycles. The van der Waals surface area contributed by atoms with Crippen LogP contribution in [0.15, 0.2) is 24.3 Å². The van der Waals surface area contributed by atoms with Crippen molar-refractivity contribution in [2.75, 3.05) is 13.2 Å². The van der Waals surface area contributed by atoms with Crippen molar-refractivity contribution < 1.29 is 19.4 Å². The maximum Gasteiger partial charge on any atom is 0.335 e. The third kappa shape index (κ3) is 5.47. The van der Waals surface area contributed by atoms with Gasteiger partial charge in [0.2, 0.25) is 0 Å². The van der Waals surface area contributed by atoms with Gasteiger partial charge in [0.1, 0.15) is 0 Å². The molecule has 0 bridgehead atoms. The number of carboxylic acid groups (broad SMARTS) is 1. The van der Waals surface area contributed by atoms with Crippen LogP contribution >= 0.6 is 0 Å². The van der Waals surface area contributed by atoms with E-state index in [1.807, 2.05) is 13.8 Å². The van der Waals surface area contributed by atoms with E-state index in [1.54, 1.807) is 24.3 Å². The van der Waals surface area contributed by atoms with E-state index in [4.69, 9.17) is 14.6 Å². The number of hydrogen-bond acceptors (Lipinski definition) is 3. The molecule has 0 aliphatic heterocycles. The molecule has 0 radical (unpaired) electrons. The van der Waals surface area contributed by atoms with Crippen LogP contribution < -0.4 is 0 Å². The second-order valence-electron chi connectivity index (χ2n) is 3.97. The minimum atomic E-state index is -0.914. The van der Waals surface area contributed by atoms with Crippen LogP contribution in [0.1, 0.15) is 29.8 Å². The molecule has 1 rings (SSSR count). The number of hydrogen-bond donors (Lipinski definition) is 1. The monoisotopic (exact) mass is 238 g/mol. The maximum atomic E-state index is 10.6. The molecule has 0 aromatic heterocycles. The molecule has 4 nitrogen and oxygen atoms in total. The van der Waals surface area contributed by atoms with Crippen LogP contribution in [0.5, 0.6) is 0 Å². The topological polar surface area (TPSA) is 55.8 Å². The van der Waals surface area contributed by atoms with E-state index in [1.165, 1.54) is 0 Å². The molecule has 17 heavy (non-hydrogen) atoms. The second kappa shape index (κ2) is 7.04. The van der Waals surface area contributed by atoms with Crippen molar-refractivity contribution in [1.82, 2.24) is 0 Å². The predicted molar refractivity (Wildman–Crippen MR) is 64.1 cm³/mol. The van der Waals surface area contributed by atoms with Gasteiger partial charge in [-0.05, 0) is 31.5 Å². The summed E-state index contributed by atoms with van der Waals surface area (Å²) in [4.78, 5) is 10.6. The van der Waals surface area contributed by atoms with Crippen molar-refractivity contribution in [3.63, 3.8) is 0 Å². The van der Waals surface area contributed by atoms with E-state index in [9.17, 15) is 4.79 Å². The van der Waals surface area contributed by atoms with Crippen molar-refractivity contribution in [3.05, 3.63) is 35.4 Å². The number of carboxylic acids is 1. The Morgan fingerprint density at radius 2 is 1.88 bits per heavy atom. The van der Waals surface area contributed by atoms with Gasteiger partial charge in [-0.3, -0.25) is 0 Å². The van der Waals surface area contributed by atoms with Gasteiger partial charge in [0, 0.05) is 0 Å². The van der Waals surface area contributed by atoms with Crippen molar-refractivity contribution in [2.24, 2.45) is 0 Å². The summed E-state index contributed by atoms with van der Waals surface area (Å²) in [5, 5.41) is 8.73. The number of carbonyl (C=O) groups is 1.